The van der Waals surface area contributed by atoms with Gasteiger partial charge in [0.2, 0.25) is 0 Å². The Morgan fingerprint density at radius 3 is 2.68 bits per heavy atom. The number of pyridine rings is 1. The van der Waals surface area contributed by atoms with Crippen LogP contribution >= 0.6 is 0 Å². The number of rotatable bonds is 5. The fraction of sp³-hybridized carbons (Fsp3) is 0.409. The summed E-state index contributed by atoms with van der Waals surface area (Å²) in [7, 11) is 0. The summed E-state index contributed by atoms with van der Waals surface area (Å²) in [4.78, 5) is 31.0. The fourth-order valence-corrected chi connectivity index (χ4v) is 3.55. The first-order valence-corrected chi connectivity index (χ1v) is 9.58. The fourth-order valence-electron chi connectivity index (χ4n) is 3.55. The van der Waals surface area contributed by atoms with Crippen molar-refractivity contribution < 1.29 is 18.4 Å². The maximum atomic E-state index is 13.9. The minimum Gasteiger partial charge on any atom is -0.338 e. The molecule has 1 atom stereocenters. The lowest BCUT2D eigenvalue weighted by Gasteiger charge is -2.32. The number of benzene rings is 1. The third-order valence-corrected chi connectivity index (χ3v) is 4.99. The molecule has 3 rings (SSSR count). The van der Waals surface area contributed by atoms with Crippen molar-refractivity contribution in [1.29, 1.82) is 0 Å². The van der Waals surface area contributed by atoms with Crippen LogP contribution in [0.4, 0.5) is 8.78 Å². The zero-order valence-electron chi connectivity index (χ0n) is 16.1. The lowest BCUT2D eigenvalue weighted by molar-refractivity contribution is -0.124. The lowest BCUT2D eigenvalue weighted by Crippen LogP contribution is -2.42. The molecule has 148 valence electrons. The van der Waals surface area contributed by atoms with E-state index in [0.717, 1.165) is 31.0 Å². The third kappa shape index (κ3) is 4.61. The molecule has 28 heavy (non-hydrogen) atoms. The first kappa shape index (κ1) is 20.1. The molecule has 0 N–H and O–H groups in total. The number of hydrogen-bond donors (Lipinski definition) is 0. The molecule has 1 unspecified atom stereocenters. The second-order valence-corrected chi connectivity index (χ2v) is 7.71. The highest BCUT2D eigenvalue weighted by Crippen LogP contribution is 2.24. The summed E-state index contributed by atoms with van der Waals surface area (Å²) in [6, 6.07) is 6.25. The number of piperidine rings is 1. The minimum atomic E-state index is -0.574. The standard InChI is InChI=1S/C22H24F2N2O2/c1-14(2)10-21(27)16-4-3-9-26(13-16)22(28)15-5-8-20(25-12-15)18-11-17(23)6-7-19(18)24/h5-8,11-12,14,16H,3-4,9-10,13H2,1-2H3. The van der Waals surface area contributed by atoms with Crippen LogP contribution in [0.25, 0.3) is 11.3 Å². The van der Waals surface area contributed by atoms with Crippen LogP contribution in [-0.4, -0.2) is 34.7 Å². The Morgan fingerprint density at radius 1 is 1.21 bits per heavy atom. The Morgan fingerprint density at radius 2 is 2.00 bits per heavy atom. The highest BCUT2D eigenvalue weighted by atomic mass is 19.1. The second-order valence-electron chi connectivity index (χ2n) is 7.71. The summed E-state index contributed by atoms with van der Waals surface area (Å²) in [6.45, 7) is 5.05. The molecule has 1 aliphatic rings. The molecule has 1 amide bonds. The van der Waals surface area contributed by atoms with E-state index in [9.17, 15) is 18.4 Å². The van der Waals surface area contributed by atoms with Crippen LogP contribution in [-0.2, 0) is 4.79 Å². The molecular formula is C22H24F2N2O2. The SMILES string of the molecule is CC(C)CC(=O)C1CCCN(C(=O)c2ccc(-c3cc(F)ccc3F)nc2)C1. The van der Waals surface area contributed by atoms with Crippen LogP contribution in [0.2, 0.25) is 0 Å². The van der Waals surface area contributed by atoms with Gasteiger partial charge in [0.15, 0.2) is 0 Å². The average molecular weight is 386 g/mol. The van der Waals surface area contributed by atoms with E-state index in [1.165, 1.54) is 12.3 Å². The first-order chi connectivity index (χ1) is 13.3. The Balaban J connectivity index is 1.72. The third-order valence-electron chi connectivity index (χ3n) is 4.99. The lowest BCUT2D eigenvalue weighted by atomic mass is 9.89. The highest BCUT2D eigenvalue weighted by molar-refractivity contribution is 5.94. The van der Waals surface area contributed by atoms with E-state index in [0.29, 0.717) is 31.0 Å². The number of ketones is 1. The normalized spacial score (nSPS) is 17.0. The predicted octanol–water partition coefficient (Wildman–Crippen LogP) is 4.49. The zero-order chi connectivity index (χ0) is 20.3. The average Bonchev–Trinajstić information content (AvgIpc) is 2.69. The van der Waals surface area contributed by atoms with Crippen molar-refractivity contribution in [2.45, 2.75) is 33.1 Å². The zero-order valence-corrected chi connectivity index (χ0v) is 16.1. The molecule has 1 aromatic heterocycles. The number of carbonyl (C=O) groups excluding carboxylic acids is 2. The van der Waals surface area contributed by atoms with E-state index >= 15 is 0 Å². The molecule has 1 aromatic carbocycles. The Hall–Kier alpha value is -2.63. The van der Waals surface area contributed by atoms with E-state index in [4.69, 9.17) is 0 Å². The minimum absolute atomic E-state index is 0.0521. The van der Waals surface area contributed by atoms with Gasteiger partial charge in [0.05, 0.1) is 11.3 Å². The highest BCUT2D eigenvalue weighted by Gasteiger charge is 2.29. The van der Waals surface area contributed by atoms with Gasteiger partial charge in [-0.3, -0.25) is 14.6 Å². The molecule has 1 aliphatic heterocycles. The molecule has 0 saturated carbocycles. The molecule has 1 fully saturated rings. The number of hydrogen-bond acceptors (Lipinski definition) is 3. The molecular weight excluding hydrogens is 362 g/mol. The van der Waals surface area contributed by atoms with Crippen molar-refractivity contribution in [2.24, 2.45) is 11.8 Å². The van der Waals surface area contributed by atoms with E-state index < -0.39 is 11.6 Å². The second kappa shape index (κ2) is 8.59. The summed E-state index contributed by atoms with van der Waals surface area (Å²) >= 11 is 0. The van der Waals surface area contributed by atoms with Gasteiger partial charge < -0.3 is 4.90 Å². The van der Waals surface area contributed by atoms with Crippen molar-refractivity contribution in [2.75, 3.05) is 13.1 Å². The maximum absolute atomic E-state index is 13.9. The molecule has 2 aromatic rings. The molecule has 1 saturated heterocycles. The van der Waals surface area contributed by atoms with Crippen molar-refractivity contribution in [3.63, 3.8) is 0 Å². The molecule has 6 heteroatoms. The van der Waals surface area contributed by atoms with E-state index in [2.05, 4.69) is 4.98 Å². The molecule has 0 radical (unpaired) electrons. The van der Waals surface area contributed by atoms with Gasteiger partial charge >= 0.3 is 0 Å². The van der Waals surface area contributed by atoms with Gasteiger partial charge in [-0.1, -0.05) is 13.8 Å². The van der Waals surface area contributed by atoms with Crippen LogP contribution < -0.4 is 0 Å². The van der Waals surface area contributed by atoms with Crippen LogP contribution in [0, 0.1) is 23.5 Å². The van der Waals surface area contributed by atoms with E-state index in [1.807, 2.05) is 13.8 Å². The van der Waals surface area contributed by atoms with Crippen molar-refractivity contribution in [3.05, 3.63) is 53.7 Å². The van der Waals surface area contributed by atoms with Crippen molar-refractivity contribution in [3.8, 4) is 11.3 Å². The summed E-state index contributed by atoms with van der Waals surface area (Å²) < 4.78 is 27.3. The summed E-state index contributed by atoms with van der Waals surface area (Å²) in [5, 5.41) is 0. The molecule has 2 heterocycles. The van der Waals surface area contributed by atoms with Gasteiger partial charge in [0.25, 0.3) is 5.91 Å². The van der Waals surface area contributed by atoms with Crippen molar-refractivity contribution in [1.82, 2.24) is 9.88 Å². The van der Waals surface area contributed by atoms with Gasteiger partial charge in [-0.15, -0.1) is 0 Å². The van der Waals surface area contributed by atoms with Gasteiger partial charge in [-0.25, -0.2) is 8.78 Å². The number of likely N-dealkylation sites (tertiary alicyclic amines) is 1. The monoisotopic (exact) mass is 386 g/mol. The number of halogens is 2. The number of amides is 1. The Kier molecular flexibility index (Phi) is 6.17. The van der Waals surface area contributed by atoms with Crippen LogP contribution in [0.5, 0.6) is 0 Å². The maximum Gasteiger partial charge on any atom is 0.255 e. The van der Waals surface area contributed by atoms with Crippen molar-refractivity contribution >= 4 is 11.7 Å². The van der Waals surface area contributed by atoms with Crippen LogP contribution in [0.1, 0.15) is 43.5 Å². The van der Waals surface area contributed by atoms with Gasteiger partial charge in [-0.2, -0.15) is 0 Å². The molecule has 0 bridgehead atoms. The summed E-state index contributed by atoms with van der Waals surface area (Å²) in [6.07, 6.45) is 3.51. The Bertz CT molecular complexity index is 865. The van der Waals surface area contributed by atoms with Gasteiger partial charge in [0, 0.05) is 37.2 Å². The van der Waals surface area contributed by atoms with Crippen LogP contribution in [0.15, 0.2) is 36.5 Å². The van der Waals surface area contributed by atoms with E-state index in [-0.39, 0.29) is 28.9 Å². The Labute approximate surface area is 163 Å². The quantitative estimate of drug-likeness (QED) is 0.761. The topological polar surface area (TPSA) is 50.3 Å². The number of carbonyl (C=O) groups is 2. The van der Waals surface area contributed by atoms with E-state index in [1.54, 1.807) is 11.0 Å². The van der Waals surface area contributed by atoms with Gasteiger partial charge in [-0.05, 0) is 49.1 Å². The summed E-state index contributed by atoms with van der Waals surface area (Å²) in [5.74, 6) is -0.921. The smallest absolute Gasteiger partial charge is 0.255 e. The number of nitrogens with zero attached hydrogens (tertiary/aromatic N) is 2. The molecule has 0 aliphatic carbocycles. The summed E-state index contributed by atoms with van der Waals surface area (Å²) in [5.41, 5.74) is 0.686. The largest absolute Gasteiger partial charge is 0.338 e. The number of aromatic nitrogens is 1. The molecule has 4 nitrogen and oxygen atoms in total. The van der Waals surface area contributed by atoms with Crippen LogP contribution in [0.3, 0.4) is 0 Å². The first-order valence-electron chi connectivity index (χ1n) is 9.58. The van der Waals surface area contributed by atoms with Gasteiger partial charge in [0.1, 0.15) is 17.4 Å². The number of Topliss-reactive ketones (excluding diaryl/α,β-unsaturated/α-hetero) is 1. The predicted molar refractivity (Wildman–Crippen MR) is 103 cm³/mol. The molecule has 0 spiro atoms.